The first kappa shape index (κ1) is 29.3. The number of rotatable bonds is 11. The molecular formula is C29H40FN5O3. The van der Waals surface area contributed by atoms with Crippen molar-refractivity contribution >= 4 is 17.7 Å². The molecule has 3 N–H and O–H groups in total. The van der Waals surface area contributed by atoms with E-state index in [1.807, 2.05) is 44.2 Å². The molecule has 0 unspecified atom stereocenters. The Morgan fingerprint density at radius 1 is 1.00 bits per heavy atom. The molecule has 38 heavy (non-hydrogen) atoms. The van der Waals surface area contributed by atoms with E-state index in [1.54, 1.807) is 37.1 Å². The highest BCUT2D eigenvalue weighted by atomic mass is 19.1. The summed E-state index contributed by atoms with van der Waals surface area (Å²) in [6, 6.07) is 14.5. The molecule has 0 saturated carbocycles. The number of halogens is 1. The lowest BCUT2D eigenvalue weighted by Crippen LogP contribution is -2.64. The van der Waals surface area contributed by atoms with Crippen LogP contribution in [0.25, 0.3) is 0 Å². The summed E-state index contributed by atoms with van der Waals surface area (Å²) in [6.07, 6.45) is 0.347. The van der Waals surface area contributed by atoms with Gasteiger partial charge in [-0.1, -0.05) is 62.4 Å². The summed E-state index contributed by atoms with van der Waals surface area (Å²) in [6.45, 7) is 7.71. The zero-order valence-corrected chi connectivity index (χ0v) is 22.7. The number of carbonyl (C=O) groups excluding carboxylic acids is 3. The molecule has 8 nitrogen and oxygen atoms in total. The molecule has 1 fully saturated rings. The summed E-state index contributed by atoms with van der Waals surface area (Å²) in [5.74, 6) is -1.30. The first-order valence-corrected chi connectivity index (χ1v) is 13.3. The van der Waals surface area contributed by atoms with E-state index in [0.717, 1.165) is 5.56 Å². The van der Waals surface area contributed by atoms with E-state index in [9.17, 15) is 18.8 Å². The number of likely N-dealkylation sites (N-methyl/N-ethyl adjacent to an activating group) is 1. The fourth-order valence-corrected chi connectivity index (χ4v) is 4.55. The first-order chi connectivity index (χ1) is 18.2. The lowest BCUT2D eigenvalue weighted by atomic mass is 9.99. The maximum Gasteiger partial charge on any atom is 0.246 e. The number of hydrogen-bond donors (Lipinski definition) is 3. The Morgan fingerprint density at radius 2 is 1.68 bits per heavy atom. The summed E-state index contributed by atoms with van der Waals surface area (Å²) in [4.78, 5) is 43.5. The van der Waals surface area contributed by atoms with Crippen molar-refractivity contribution in [3.8, 4) is 0 Å². The fourth-order valence-electron chi connectivity index (χ4n) is 4.55. The second kappa shape index (κ2) is 14.0. The second-order valence-corrected chi connectivity index (χ2v) is 10.1. The van der Waals surface area contributed by atoms with Crippen LogP contribution in [0, 0.1) is 11.7 Å². The molecule has 3 atom stereocenters. The van der Waals surface area contributed by atoms with Crippen LogP contribution in [-0.2, 0) is 27.3 Å². The highest BCUT2D eigenvalue weighted by Gasteiger charge is 2.39. The summed E-state index contributed by atoms with van der Waals surface area (Å²) in [7, 11) is 1.68. The van der Waals surface area contributed by atoms with Crippen LogP contribution >= 0.6 is 0 Å². The van der Waals surface area contributed by atoms with Crippen LogP contribution in [0.2, 0.25) is 0 Å². The molecule has 0 spiro atoms. The Bertz CT molecular complexity index is 1080. The van der Waals surface area contributed by atoms with Crippen molar-refractivity contribution in [3.63, 3.8) is 0 Å². The maximum atomic E-state index is 14.0. The molecule has 0 radical (unpaired) electrons. The van der Waals surface area contributed by atoms with Crippen molar-refractivity contribution in [1.29, 1.82) is 0 Å². The summed E-state index contributed by atoms with van der Waals surface area (Å²) >= 11 is 0. The predicted molar refractivity (Wildman–Crippen MR) is 146 cm³/mol. The molecule has 1 heterocycles. The number of benzene rings is 2. The van der Waals surface area contributed by atoms with E-state index in [-0.39, 0.29) is 36.0 Å². The third-order valence-corrected chi connectivity index (χ3v) is 7.01. The normalized spacial score (nSPS) is 17.6. The minimum Gasteiger partial charge on any atom is -0.354 e. The Labute approximate surface area is 225 Å². The zero-order chi connectivity index (χ0) is 27.7. The lowest BCUT2D eigenvalue weighted by molar-refractivity contribution is -0.147. The van der Waals surface area contributed by atoms with Gasteiger partial charge < -0.3 is 20.9 Å². The summed E-state index contributed by atoms with van der Waals surface area (Å²) in [5.41, 5.74) is 1.65. The molecule has 3 amide bonds. The Morgan fingerprint density at radius 3 is 2.34 bits per heavy atom. The molecular weight excluding hydrogens is 485 g/mol. The molecule has 9 heteroatoms. The van der Waals surface area contributed by atoms with Gasteiger partial charge in [0.25, 0.3) is 0 Å². The number of nitrogens with one attached hydrogen (secondary N) is 3. The van der Waals surface area contributed by atoms with Gasteiger partial charge in [0.05, 0.1) is 6.04 Å². The van der Waals surface area contributed by atoms with Gasteiger partial charge in [-0.3, -0.25) is 19.3 Å². The van der Waals surface area contributed by atoms with Crippen LogP contribution in [0.3, 0.4) is 0 Å². The topological polar surface area (TPSA) is 93.8 Å². The van der Waals surface area contributed by atoms with Crippen molar-refractivity contribution in [2.75, 3.05) is 33.2 Å². The number of hydrogen-bond acceptors (Lipinski definition) is 5. The van der Waals surface area contributed by atoms with Crippen molar-refractivity contribution in [2.45, 2.75) is 51.9 Å². The van der Waals surface area contributed by atoms with Crippen LogP contribution in [-0.4, -0.2) is 78.9 Å². The van der Waals surface area contributed by atoms with Crippen molar-refractivity contribution in [3.05, 3.63) is 71.5 Å². The van der Waals surface area contributed by atoms with Gasteiger partial charge in [0.15, 0.2) is 0 Å². The molecule has 2 aromatic carbocycles. The van der Waals surface area contributed by atoms with Gasteiger partial charge in [-0.15, -0.1) is 0 Å². The first-order valence-electron chi connectivity index (χ1n) is 13.3. The van der Waals surface area contributed by atoms with Crippen molar-refractivity contribution < 1.29 is 18.8 Å². The predicted octanol–water partition coefficient (Wildman–Crippen LogP) is 1.95. The summed E-state index contributed by atoms with van der Waals surface area (Å²) < 4.78 is 14.0. The van der Waals surface area contributed by atoms with Crippen LogP contribution in [0.1, 0.15) is 31.9 Å². The number of carbonyl (C=O) groups is 3. The standard InChI is InChI=1S/C29H40FN5O3/c1-20(2)26(33-27(36)21(3)31-4)29(38)35-17-16-34(18-22-10-6-5-7-11-22)19-25(35)28(37)32-15-14-23-12-8-9-13-24(23)30/h5-13,20-21,25-26,31H,14-19H2,1-4H3,(H,32,37)(H,33,36)/t21-,25-,26-/m0/s1. The third kappa shape index (κ3) is 7.85. The average Bonchev–Trinajstić information content (AvgIpc) is 2.92. The van der Waals surface area contributed by atoms with Crippen molar-refractivity contribution in [1.82, 2.24) is 25.8 Å². The zero-order valence-electron chi connectivity index (χ0n) is 22.7. The average molecular weight is 526 g/mol. The molecule has 1 saturated heterocycles. The largest absolute Gasteiger partial charge is 0.354 e. The Balaban J connectivity index is 1.75. The van der Waals surface area contributed by atoms with Gasteiger partial charge in [-0.2, -0.15) is 0 Å². The van der Waals surface area contributed by atoms with Gasteiger partial charge >= 0.3 is 0 Å². The van der Waals surface area contributed by atoms with E-state index < -0.39 is 18.1 Å². The van der Waals surface area contributed by atoms with Crippen LogP contribution in [0.15, 0.2) is 54.6 Å². The van der Waals surface area contributed by atoms with Gasteiger partial charge in [0.2, 0.25) is 17.7 Å². The number of amides is 3. The van der Waals surface area contributed by atoms with E-state index in [4.69, 9.17) is 0 Å². The van der Waals surface area contributed by atoms with Crippen LogP contribution in [0.4, 0.5) is 4.39 Å². The highest BCUT2D eigenvalue weighted by Crippen LogP contribution is 2.18. The molecule has 206 valence electrons. The molecule has 1 aliphatic heterocycles. The summed E-state index contributed by atoms with van der Waals surface area (Å²) in [5, 5.41) is 8.67. The molecule has 1 aliphatic rings. The van der Waals surface area contributed by atoms with E-state index in [0.29, 0.717) is 38.2 Å². The lowest BCUT2D eigenvalue weighted by Gasteiger charge is -2.42. The molecule has 2 aromatic rings. The minimum atomic E-state index is -0.757. The van der Waals surface area contributed by atoms with Gasteiger partial charge in [-0.25, -0.2) is 4.39 Å². The molecule has 3 rings (SSSR count). The van der Waals surface area contributed by atoms with Crippen molar-refractivity contribution in [2.24, 2.45) is 5.92 Å². The Kier molecular flexibility index (Phi) is 10.8. The second-order valence-electron chi connectivity index (χ2n) is 10.1. The highest BCUT2D eigenvalue weighted by molar-refractivity contribution is 5.93. The van der Waals surface area contributed by atoms with Gasteiger partial charge in [0.1, 0.15) is 17.9 Å². The van der Waals surface area contributed by atoms with E-state index in [2.05, 4.69) is 20.9 Å². The molecule has 0 bridgehead atoms. The van der Waals surface area contributed by atoms with Crippen LogP contribution < -0.4 is 16.0 Å². The third-order valence-electron chi connectivity index (χ3n) is 7.01. The van der Waals surface area contributed by atoms with E-state index >= 15 is 0 Å². The van der Waals surface area contributed by atoms with Crippen LogP contribution in [0.5, 0.6) is 0 Å². The molecule has 0 aromatic heterocycles. The Hall–Kier alpha value is -3.30. The number of nitrogens with zero attached hydrogens (tertiary/aromatic N) is 2. The maximum absolute atomic E-state index is 14.0. The van der Waals surface area contributed by atoms with E-state index in [1.165, 1.54) is 6.07 Å². The minimum absolute atomic E-state index is 0.164. The quantitative estimate of drug-likeness (QED) is 0.417. The fraction of sp³-hybridized carbons (Fsp3) is 0.483. The molecule has 0 aliphatic carbocycles. The van der Waals surface area contributed by atoms with Gasteiger partial charge in [-0.05, 0) is 43.5 Å². The SMILES string of the molecule is CN[C@@H](C)C(=O)N[C@H](C(=O)N1CCN(Cc2ccccc2)C[C@H]1C(=O)NCCc1ccccc1F)C(C)C. The number of piperazine rings is 1. The monoisotopic (exact) mass is 525 g/mol. The van der Waals surface area contributed by atoms with Gasteiger partial charge in [0, 0.05) is 32.7 Å². The smallest absolute Gasteiger partial charge is 0.246 e.